The van der Waals surface area contributed by atoms with Crippen molar-refractivity contribution >= 4 is 11.8 Å². The van der Waals surface area contributed by atoms with E-state index in [-0.39, 0.29) is 31.7 Å². The zero-order valence-corrected chi connectivity index (χ0v) is 18.3. The molecule has 0 amide bonds. The van der Waals surface area contributed by atoms with Crippen LogP contribution < -0.4 is 18.9 Å². The van der Waals surface area contributed by atoms with Crippen molar-refractivity contribution in [3.8, 4) is 0 Å². The monoisotopic (exact) mass is 352 g/mol. The number of Topliss-reactive ketones (excluding diaryl/α,β-unsaturated/α-hetero) is 1. The molecule has 0 saturated carbocycles. The first-order valence-corrected chi connectivity index (χ1v) is 8.95. The van der Waals surface area contributed by atoms with E-state index in [0.29, 0.717) is 18.6 Å². The van der Waals surface area contributed by atoms with Crippen molar-refractivity contribution in [2.75, 3.05) is 13.2 Å². The summed E-state index contributed by atoms with van der Waals surface area (Å²) in [5.41, 5.74) is -0.556. The zero-order chi connectivity index (χ0) is 18.5. The van der Waals surface area contributed by atoms with Crippen LogP contribution in [-0.4, -0.2) is 30.1 Å². The van der Waals surface area contributed by atoms with E-state index in [4.69, 9.17) is 9.84 Å². The van der Waals surface area contributed by atoms with Crippen LogP contribution in [0.5, 0.6) is 0 Å². The van der Waals surface area contributed by atoms with Gasteiger partial charge in [-0.1, -0.05) is 34.6 Å². The molecule has 0 aromatic carbocycles. The summed E-state index contributed by atoms with van der Waals surface area (Å²) in [6, 6.07) is 0. The van der Waals surface area contributed by atoms with Gasteiger partial charge in [0.1, 0.15) is 5.78 Å². The average Bonchev–Trinajstić information content (AvgIpc) is 3.13. The van der Waals surface area contributed by atoms with Crippen molar-refractivity contribution in [2.45, 2.75) is 87.0 Å². The third kappa shape index (κ3) is 13.5. The van der Waals surface area contributed by atoms with Gasteiger partial charge < -0.3 is 17.3 Å². The van der Waals surface area contributed by atoms with Gasteiger partial charge in [-0.3, -0.25) is 9.59 Å². The standard InChI is InChI=1S/C8H16O.C7H14O2.C4H8O.CH3.Li/c1-5-8(4,6-2)7(3)9;1-4-7(3,5-2)6(8)9;1-2-4-5-3-1;;/h5-6H2,1-4H3;4-5H2,1-3H3,(H,8,9);1-4H2;1H3;/q;;;-1;+1. The number of carbonyl (C=O) groups excluding carboxylic acids is 1. The van der Waals surface area contributed by atoms with Gasteiger partial charge in [0.05, 0.1) is 5.41 Å². The van der Waals surface area contributed by atoms with Crippen molar-refractivity contribution in [3.63, 3.8) is 0 Å². The van der Waals surface area contributed by atoms with Crippen molar-refractivity contribution in [1.29, 1.82) is 0 Å². The predicted octanol–water partition coefficient (Wildman–Crippen LogP) is 2.55. The molecule has 1 N–H and O–H groups in total. The van der Waals surface area contributed by atoms with E-state index in [1.807, 2.05) is 20.8 Å². The Morgan fingerprint density at radius 2 is 1.20 bits per heavy atom. The van der Waals surface area contributed by atoms with E-state index in [0.717, 1.165) is 26.1 Å². The fraction of sp³-hybridized carbons (Fsp3) is 0.850. The fourth-order valence-corrected chi connectivity index (χ4v) is 1.81. The van der Waals surface area contributed by atoms with E-state index in [9.17, 15) is 9.59 Å². The van der Waals surface area contributed by atoms with Gasteiger partial charge in [0, 0.05) is 18.6 Å². The van der Waals surface area contributed by atoms with Gasteiger partial charge in [-0.25, -0.2) is 0 Å². The van der Waals surface area contributed by atoms with Gasteiger partial charge in [-0.05, 0) is 52.4 Å². The van der Waals surface area contributed by atoms with E-state index >= 15 is 0 Å². The number of hydrogen-bond donors (Lipinski definition) is 1. The zero-order valence-electron chi connectivity index (χ0n) is 18.3. The van der Waals surface area contributed by atoms with E-state index < -0.39 is 11.4 Å². The molecule has 5 heteroatoms. The molecule has 25 heavy (non-hydrogen) atoms. The fourth-order valence-electron chi connectivity index (χ4n) is 1.81. The molecule has 1 aliphatic rings. The Labute approximate surface area is 168 Å². The Balaban J connectivity index is -0.000000131. The number of carbonyl (C=O) groups is 2. The molecular weight excluding hydrogens is 311 g/mol. The molecule has 1 rings (SSSR count). The minimum atomic E-state index is -0.687. The van der Waals surface area contributed by atoms with Crippen molar-refractivity contribution in [3.05, 3.63) is 7.43 Å². The Hall–Kier alpha value is -0.303. The Kier molecular flexibility index (Phi) is 22.2. The van der Waals surface area contributed by atoms with Crippen molar-refractivity contribution in [2.24, 2.45) is 10.8 Å². The molecule has 0 bridgehead atoms. The summed E-state index contributed by atoms with van der Waals surface area (Å²) in [6.07, 6.45) is 5.88. The minimum Gasteiger partial charge on any atom is -0.481 e. The third-order valence-corrected chi connectivity index (χ3v) is 5.31. The van der Waals surface area contributed by atoms with E-state index in [2.05, 4.69) is 13.8 Å². The summed E-state index contributed by atoms with van der Waals surface area (Å²) in [6.45, 7) is 15.4. The summed E-state index contributed by atoms with van der Waals surface area (Å²) in [5.74, 6) is -0.375. The number of ether oxygens (including phenoxy) is 1. The second kappa shape index (κ2) is 17.1. The van der Waals surface area contributed by atoms with Crippen LogP contribution in [0.25, 0.3) is 0 Å². The molecule has 0 aliphatic carbocycles. The number of ketones is 1. The van der Waals surface area contributed by atoms with Gasteiger partial charge in [-0.15, -0.1) is 0 Å². The first kappa shape index (κ1) is 32.4. The van der Waals surface area contributed by atoms with Gasteiger partial charge in [0.15, 0.2) is 0 Å². The molecule has 0 aromatic heterocycles. The number of hydrogen-bond acceptors (Lipinski definition) is 3. The molecule has 1 saturated heterocycles. The first-order chi connectivity index (χ1) is 10.6. The van der Waals surface area contributed by atoms with Crippen LogP contribution >= 0.6 is 0 Å². The summed E-state index contributed by atoms with van der Waals surface area (Å²) >= 11 is 0. The Morgan fingerprint density at radius 1 is 0.880 bits per heavy atom. The summed E-state index contributed by atoms with van der Waals surface area (Å²) in [4.78, 5) is 21.4. The molecule has 1 heterocycles. The van der Waals surface area contributed by atoms with Crippen LogP contribution in [0.4, 0.5) is 0 Å². The predicted molar refractivity (Wildman–Crippen MR) is 102 cm³/mol. The average molecular weight is 352 g/mol. The Morgan fingerprint density at radius 3 is 1.24 bits per heavy atom. The van der Waals surface area contributed by atoms with Crippen LogP contribution in [0.3, 0.4) is 0 Å². The van der Waals surface area contributed by atoms with E-state index in [1.54, 1.807) is 13.8 Å². The van der Waals surface area contributed by atoms with Gasteiger partial charge in [0.2, 0.25) is 0 Å². The van der Waals surface area contributed by atoms with Gasteiger partial charge in [-0.2, -0.15) is 0 Å². The maximum Gasteiger partial charge on any atom is 1.00 e. The van der Waals surface area contributed by atoms with Crippen molar-refractivity contribution < 1.29 is 38.3 Å². The maximum atomic E-state index is 10.9. The topological polar surface area (TPSA) is 63.6 Å². The molecule has 0 aromatic rings. The van der Waals surface area contributed by atoms with Crippen LogP contribution in [0.15, 0.2) is 0 Å². The van der Waals surface area contributed by atoms with Gasteiger partial charge >= 0.3 is 24.8 Å². The number of carboxylic acid groups (broad SMARTS) is 1. The molecular formula is C20H41LiO4. The smallest absolute Gasteiger partial charge is 0.481 e. The molecule has 1 fully saturated rings. The molecule has 146 valence electrons. The first-order valence-electron chi connectivity index (χ1n) is 8.95. The normalized spacial score (nSPS) is 13.1. The number of rotatable bonds is 6. The summed E-state index contributed by atoms with van der Waals surface area (Å²) in [7, 11) is 0. The van der Waals surface area contributed by atoms with Crippen LogP contribution in [0.2, 0.25) is 0 Å². The second-order valence-corrected chi connectivity index (χ2v) is 6.72. The molecule has 4 nitrogen and oxygen atoms in total. The van der Waals surface area contributed by atoms with Crippen LogP contribution in [0, 0.1) is 18.3 Å². The molecule has 0 spiro atoms. The van der Waals surface area contributed by atoms with Crippen molar-refractivity contribution in [1.82, 2.24) is 0 Å². The molecule has 0 atom stereocenters. The van der Waals surface area contributed by atoms with Crippen LogP contribution in [0.1, 0.15) is 87.0 Å². The van der Waals surface area contributed by atoms with Gasteiger partial charge in [0.25, 0.3) is 0 Å². The largest absolute Gasteiger partial charge is 1.00 e. The Bertz CT molecular complexity index is 295. The molecule has 1 aliphatic heterocycles. The summed E-state index contributed by atoms with van der Waals surface area (Å²) < 4.78 is 4.94. The van der Waals surface area contributed by atoms with E-state index in [1.165, 1.54) is 12.8 Å². The maximum absolute atomic E-state index is 10.9. The number of aliphatic carboxylic acids is 1. The number of carboxylic acids is 1. The SMILES string of the molecule is C1CCOC1.CCC(C)(CC)C(=O)O.CCC(C)(CC)C(C)=O.[CH3-].[Li+]. The molecule has 0 unspecified atom stereocenters. The summed E-state index contributed by atoms with van der Waals surface area (Å²) in [5, 5.41) is 8.63. The second-order valence-electron chi connectivity index (χ2n) is 6.72. The molecule has 0 radical (unpaired) electrons. The minimum absolute atomic E-state index is 0. The quantitative estimate of drug-likeness (QED) is 0.589. The third-order valence-electron chi connectivity index (χ3n) is 5.31. The van der Waals surface area contributed by atoms with Crippen LogP contribution in [-0.2, 0) is 14.3 Å².